The molecular formula is C17H20N2O5. The molecule has 7 nitrogen and oxygen atoms in total. The molecule has 2 rings (SSSR count). The van der Waals surface area contributed by atoms with Crippen molar-refractivity contribution in [1.29, 1.82) is 0 Å². The summed E-state index contributed by atoms with van der Waals surface area (Å²) in [4.78, 5) is 23.7. The maximum Gasteiger partial charge on any atom is 0.344 e. The highest BCUT2D eigenvalue weighted by Crippen LogP contribution is 2.18. The highest BCUT2D eigenvalue weighted by Gasteiger charge is 2.19. The Balaban J connectivity index is 1.81. The zero-order chi connectivity index (χ0) is 17.7. The smallest absolute Gasteiger partial charge is 0.344 e. The highest BCUT2D eigenvalue weighted by atomic mass is 16.6. The number of aromatic nitrogens is 1. The number of esters is 1. The second-order valence-electron chi connectivity index (χ2n) is 5.50. The van der Waals surface area contributed by atoms with Gasteiger partial charge in [-0.05, 0) is 39.3 Å². The topological polar surface area (TPSA) is 90.7 Å². The molecule has 0 unspecified atom stereocenters. The van der Waals surface area contributed by atoms with E-state index in [0.717, 1.165) is 11.1 Å². The van der Waals surface area contributed by atoms with Gasteiger partial charge in [0.2, 0.25) is 0 Å². The van der Waals surface area contributed by atoms with E-state index in [9.17, 15) is 9.59 Å². The number of benzene rings is 1. The summed E-state index contributed by atoms with van der Waals surface area (Å²) in [5.74, 6) is 0.314. The van der Waals surface area contributed by atoms with E-state index in [-0.39, 0.29) is 12.4 Å². The van der Waals surface area contributed by atoms with Crippen LogP contribution in [0.3, 0.4) is 0 Å². The van der Waals surface area contributed by atoms with E-state index in [1.807, 2.05) is 26.0 Å². The number of carbonyl (C=O) groups is 2. The van der Waals surface area contributed by atoms with Crippen molar-refractivity contribution in [2.24, 2.45) is 0 Å². The average molecular weight is 332 g/mol. The summed E-state index contributed by atoms with van der Waals surface area (Å²) in [5.41, 5.74) is 2.03. The highest BCUT2D eigenvalue weighted by molar-refractivity contribution is 5.94. The zero-order valence-electron chi connectivity index (χ0n) is 14.1. The quantitative estimate of drug-likeness (QED) is 0.818. The van der Waals surface area contributed by atoms with Crippen molar-refractivity contribution in [3.8, 4) is 5.75 Å². The Kier molecular flexibility index (Phi) is 5.57. The van der Waals surface area contributed by atoms with E-state index in [4.69, 9.17) is 14.0 Å². The molecule has 7 heteroatoms. The van der Waals surface area contributed by atoms with Gasteiger partial charge in [0.05, 0.1) is 0 Å². The molecule has 0 spiro atoms. The fourth-order valence-electron chi connectivity index (χ4n) is 2.04. The molecule has 0 aliphatic heterocycles. The molecule has 0 bridgehead atoms. The minimum atomic E-state index is -0.975. The summed E-state index contributed by atoms with van der Waals surface area (Å²) in [6.07, 6.45) is -0.975. The van der Waals surface area contributed by atoms with Gasteiger partial charge < -0.3 is 19.3 Å². The van der Waals surface area contributed by atoms with Crippen LogP contribution in [0.4, 0.5) is 5.82 Å². The molecule has 1 atom stereocenters. The number of nitrogens with one attached hydrogen (secondary N) is 1. The van der Waals surface area contributed by atoms with Crippen molar-refractivity contribution >= 4 is 17.7 Å². The van der Waals surface area contributed by atoms with Crippen LogP contribution in [0.1, 0.15) is 23.8 Å². The molecule has 1 N–H and O–H groups in total. The summed E-state index contributed by atoms with van der Waals surface area (Å²) in [6.45, 7) is 6.77. The molecule has 24 heavy (non-hydrogen) atoms. The third kappa shape index (κ3) is 4.84. The van der Waals surface area contributed by atoms with Gasteiger partial charge >= 0.3 is 5.97 Å². The second-order valence-corrected chi connectivity index (χ2v) is 5.50. The van der Waals surface area contributed by atoms with Crippen LogP contribution in [0, 0.1) is 20.8 Å². The molecular weight excluding hydrogens is 312 g/mol. The van der Waals surface area contributed by atoms with Crippen LogP contribution in [0.25, 0.3) is 0 Å². The van der Waals surface area contributed by atoms with Crippen LogP contribution in [-0.4, -0.2) is 29.7 Å². The maximum atomic E-state index is 11.9. The van der Waals surface area contributed by atoms with Gasteiger partial charge in [0.25, 0.3) is 5.91 Å². The molecule has 0 aliphatic rings. The first-order valence-electron chi connectivity index (χ1n) is 7.49. The number of hydrogen-bond donors (Lipinski definition) is 1. The van der Waals surface area contributed by atoms with E-state index >= 15 is 0 Å². The number of ether oxygens (including phenoxy) is 2. The molecule has 2 aromatic rings. The van der Waals surface area contributed by atoms with Crippen LogP contribution >= 0.6 is 0 Å². The monoisotopic (exact) mass is 332 g/mol. The molecule has 0 aliphatic carbocycles. The molecule has 1 aromatic carbocycles. The minimum absolute atomic E-state index is 0.270. The lowest BCUT2D eigenvalue weighted by atomic mass is 10.1. The summed E-state index contributed by atoms with van der Waals surface area (Å²) in [5, 5.41) is 6.13. The third-order valence-corrected chi connectivity index (χ3v) is 3.23. The molecule has 1 heterocycles. The van der Waals surface area contributed by atoms with Crippen molar-refractivity contribution in [2.75, 3.05) is 11.9 Å². The molecule has 0 radical (unpaired) electrons. The largest absolute Gasteiger partial charge is 0.482 e. The average Bonchev–Trinajstić information content (AvgIpc) is 2.91. The standard InChI is InChI=1S/C17H20N2O5/c1-10-5-6-14(11(2)7-10)22-9-16(20)23-13(4)17(21)18-15-8-12(3)24-19-15/h5-8,13H,9H2,1-4H3,(H,18,19,21)/t13-/m0/s1. The Morgan fingerprint density at radius 3 is 2.62 bits per heavy atom. The van der Waals surface area contributed by atoms with Gasteiger partial charge in [-0.1, -0.05) is 22.9 Å². The van der Waals surface area contributed by atoms with Crippen LogP contribution in [0.2, 0.25) is 0 Å². The number of nitrogens with zero attached hydrogens (tertiary/aromatic N) is 1. The normalized spacial score (nSPS) is 11.7. The van der Waals surface area contributed by atoms with Gasteiger partial charge in [0, 0.05) is 6.07 Å². The van der Waals surface area contributed by atoms with Crippen molar-refractivity contribution in [3.05, 3.63) is 41.2 Å². The van der Waals surface area contributed by atoms with Crippen molar-refractivity contribution in [2.45, 2.75) is 33.8 Å². The van der Waals surface area contributed by atoms with Crippen LogP contribution in [0.15, 0.2) is 28.8 Å². The lowest BCUT2D eigenvalue weighted by Gasteiger charge is -2.13. The van der Waals surface area contributed by atoms with E-state index in [0.29, 0.717) is 11.5 Å². The molecule has 128 valence electrons. The van der Waals surface area contributed by atoms with Gasteiger partial charge in [0.1, 0.15) is 11.5 Å². The van der Waals surface area contributed by atoms with Crippen molar-refractivity contribution in [3.63, 3.8) is 0 Å². The van der Waals surface area contributed by atoms with Crippen molar-refractivity contribution < 1.29 is 23.6 Å². The Hall–Kier alpha value is -2.83. The third-order valence-electron chi connectivity index (χ3n) is 3.23. The number of aryl methyl sites for hydroxylation is 3. The number of rotatable bonds is 6. The van der Waals surface area contributed by atoms with Gasteiger partial charge in [0.15, 0.2) is 18.5 Å². The molecule has 0 fully saturated rings. The molecule has 1 amide bonds. The predicted molar refractivity (Wildman–Crippen MR) is 86.8 cm³/mol. The summed E-state index contributed by atoms with van der Waals surface area (Å²) in [6, 6.07) is 7.21. The zero-order valence-corrected chi connectivity index (χ0v) is 14.1. The first-order chi connectivity index (χ1) is 11.3. The number of amides is 1. The van der Waals surface area contributed by atoms with E-state index in [1.165, 1.54) is 6.92 Å². The summed E-state index contributed by atoms with van der Waals surface area (Å²) >= 11 is 0. The van der Waals surface area contributed by atoms with E-state index < -0.39 is 18.0 Å². The SMILES string of the molecule is Cc1ccc(OCC(=O)O[C@@H](C)C(=O)Nc2cc(C)on2)c(C)c1. The first kappa shape index (κ1) is 17.5. The van der Waals surface area contributed by atoms with Crippen LogP contribution in [0.5, 0.6) is 5.75 Å². The predicted octanol–water partition coefficient (Wildman–Crippen LogP) is 2.55. The van der Waals surface area contributed by atoms with Gasteiger partial charge in [-0.15, -0.1) is 0 Å². The summed E-state index contributed by atoms with van der Waals surface area (Å²) < 4.78 is 15.3. The van der Waals surface area contributed by atoms with Gasteiger partial charge in [-0.2, -0.15) is 0 Å². The lowest BCUT2D eigenvalue weighted by Crippen LogP contribution is -2.31. The molecule has 0 saturated carbocycles. The first-order valence-corrected chi connectivity index (χ1v) is 7.49. The Bertz CT molecular complexity index is 738. The molecule has 1 aromatic heterocycles. The number of hydrogen-bond acceptors (Lipinski definition) is 6. The molecule has 0 saturated heterocycles. The Labute approximate surface area is 139 Å². The van der Waals surface area contributed by atoms with Gasteiger partial charge in [-0.3, -0.25) is 4.79 Å². The lowest BCUT2D eigenvalue weighted by molar-refractivity contribution is -0.155. The second kappa shape index (κ2) is 7.63. The van der Waals surface area contributed by atoms with Gasteiger partial charge in [-0.25, -0.2) is 4.79 Å². The van der Waals surface area contributed by atoms with Crippen molar-refractivity contribution in [1.82, 2.24) is 5.16 Å². The number of anilines is 1. The number of carbonyl (C=O) groups excluding carboxylic acids is 2. The van der Waals surface area contributed by atoms with E-state index in [1.54, 1.807) is 19.1 Å². The van der Waals surface area contributed by atoms with Crippen LogP contribution in [-0.2, 0) is 14.3 Å². The maximum absolute atomic E-state index is 11.9. The minimum Gasteiger partial charge on any atom is -0.482 e. The van der Waals surface area contributed by atoms with Crippen LogP contribution < -0.4 is 10.1 Å². The van der Waals surface area contributed by atoms with E-state index in [2.05, 4.69) is 10.5 Å². The Morgan fingerprint density at radius 1 is 1.25 bits per heavy atom. The fraction of sp³-hybridized carbons (Fsp3) is 0.353. The Morgan fingerprint density at radius 2 is 2.00 bits per heavy atom. The summed E-state index contributed by atoms with van der Waals surface area (Å²) in [7, 11) is 0. The fourth-order valence-corrected chi connectivity index (χ4v) is 2.04.